The third kappa shape index (κ3) is 3.32. The second kappa shape index (κ2) is 4.81. The molecule has 17 heavy (non-hydrogen) atoms. The van der Waals surface area contributed by atoms with Crippen LogP contribution in [0.4, 0.5) is 13.2 Å². The molecule has 1 amide bonds. The Hall–Kier alpha value is -0.820. The van der Waals surface area contributed by atoms with Gasteiger partial charge in [0.15, 0.2) is 0 Å². The second-order valence-corrected chi connectivity index (χ2v) is 4.59. The van der Waals surface area contributed by atoms with Gasteiger partial charge in [0.05, 0.1) is 0 Å². The average molecular weight is 252 g/mol. The van der Waals surface area contributed by atoms with Crippen LogP contribution in [0, 0.1) is 11.8 Å². The fraction of sp³-hybridized carbons (Fsp3) is 0.900. The van der Waals surface area contributed by atoms with Gasteiger partial charge in [-0.1, -0.05) is 0 Å². The summed E-state index contributed by atoms with van der Waals surface area (Å²) < 4.78 is 39.8. The van der Waals surface area contributed by atoms with Gasteiger partial charge in [0.2, 0.25) is 5.91 Å². The van der Waals surface area contributed by atoms with E-state index in [-0.39, 0.29) is 5.91 Å². The highest BCUT2D eigenvalue weighted by molar-refractivity contribution is 5.77. The van der Waals surface area contributed by atoms with Crippen molar-refractivity contribution in [2.45, 2.75) is 6.18 Å². The van der Waals surface area contributed by atoms with Gasteiger partial charge in [-0.05, 0) is 11.8 Å². The van der Waals surface area contributed by atoms with E-state index in [1.54, 1.807) is 4.90 Å². The molecule has 2 aliphatic rings. The SMILES string of the molecule is O=C(COCC(F)(F)F)N1C[C@H]2CNC[C@H]2C1. The number of hydrogen-bond acceptors (Lipinski definition) is 3. The third-order valence-corrected chi connectivity index (χ3v) is 3.23. The lowest BCUT2D eigenvalue weighted by atomic mass is 10.0. The number of carbonyl (C=O) groups is 1. The molecule has 2 saturated heterocycles. The van der Waals surface area contributed by atoms with E-state index in [0.717, 1.165) is 13.1 Å². The van der Waals surface area contributed by atoms with Crippen molar-refractivity contribution in [3.8, 4) is 0 Å². The van der Waals surface area contributed by atoms with Gasteiger partial charge in [0.1, 0.15) is 13.2 Å². The third-order valence-electron chi connectivity index (χ3n) is 3.23. The monoisotopic (exact) mass is 252 g/mol. The molecule has 1 N–H and O–H groups in total. The van der Waals surface area contributed by atoms with Gasteiger partial charge in [-0.15, -0.1) is 0 Å². The van der Waals surface area contributed by atoms with Crippen molar-refractivity contribution in [1.29, 1.82) is 0 Å². The molecule has 0 spiro atoms. The quantitative estimate of drug-likeness (QED) is 0.782. The van der Waals surface area contributed by atoms with E-state index in [2.05, 4.69) is 10.1 Å². The number of likely N-dealkylation sites (tertiary alicyclic amines) is 1. The Morgan fingerprint density at radius 3 is 2.41 bits per heavy atom. The van der Waals surface area contributed by atoms with E-state index in [0.29, 0.717) is 24.9 Å². The summed E-state index contributed by atoms with van der Waals surface area (Å²) in [6.07, 6.45) is -4.37. The molecule has 0 aliphatic carbocycles. The normalized spacial score (nSPS) is 28.5. The molecule has 2 heterocycles. The maximum atomic E-state index is 11.8. The van der Waals surface area contributed by atoms with Gasteiger partial charge in [0, 0.05) is 26.2 Å². The molecule has 0 aromatic carbocycles. The van der Waals surface area contributed by atoms with E-state index in [4.69, 9.17) is 0 Å². The zero-order valence-corrected chi connectivity index (χ0v) is 9.29. The minimum atomic E-state index is -4.37. The summed E-state index contributed by atoms with van der Waals surface area (Å²) in [7, 11) is 0. The number of nitrogens with zero attached hydrogens (tertiary/aromatic N) is 1. The van der Waals surface area contributed by atoms with Gasteiger partial charge in [-0.3, -0.25) is 4.79 Å². The zero-order chi connectivity index (χ0) is 12.5. The van der Waals surface area contributed by atoms with Crippen LogP contribution in [0.25, 0.3) is 0 Å². The molecule has 0 aromatic heterocycles. The van der Waals surface area contributed by atoms with Crippen molar-refractivity contribution in [2.24, 2.45) is 11.8 Å². The van der Waals surface area contributed by atoms with Gasteiger partial charge >= 0.3 is 6.18 Å². The highest BCUT2D eigenvalue weighted by atomic mass is 19.4. The topological polar surface area (TPSA) is 41.6 Å². The van der Waals surface area contributed by atoms with Crippen LogP contribution in [0.2, 0.25) is 0 Å². The van der Waals surface area contributed by atoms with Crippen molar-refractivity contribution in [3.63, 3.8) is 0 Å². The van der Waals surface area contributed by atoms with Crippen LogP contribution >= 0.6 is 0 Å². The Balaban J connectivity index is 1.71. The maximum Gasteiger partial charge on any atom is 0.411 e. The first-order chi connectivity index (χ1) is 7.96. The number of carbonyl (C=O) groups excluding carboxylic acids is 1. The lowest BCUT2D eigenvalue weighted by Gasteiger charge is -2.17. The van der Waals surface area contributed by atoms with Crippen LogP contribution in [-0.4, -0.2) is 56.4 Å². The van der Waals surface area contributed by atoms with Crippen LogP contribution in [0.3, 0.4) is 0 Å². The molecule has 0 unspecified atom stereocenters. The summed E-state index contributed by atoms with van der Waals surface area (Å²) in [5, 5.41) is 3.23. The Kier molecular flexibility index (Phi) is 3.58. The van der Waals surface area contributed by atoms with Crippen molar-refractivity contribution in [2.75, 3.05) is 39.4 Å². The molecule has 2 fully saturated rings. The zero-order valence-electron chi connectivity index (χ0n) is 9.29. The molecular formula is C10H15F3N2O2. The standard InChI is InChI=1S/C10H15F3N2O2/c11-10(12,13)6-17-5-9(16)15-3-7-1-14-2-8(7)4-15/h7-8,14H,1-6H2/t7-,8+. The van der Waals surface area contributed by atoms with E-state index >= 15 is 0 Å². The van der Waals surface area contributed by atoms with Gasteiger partial charge < -0.3 is 15.0 Å². The van der Waals surface area contributed by atoms with Crippen LogP contribution in [0.1, 0.15) is 0 Å². The van der Waals surface area contributed by atoms with Gasteiger partial charge in [-0.25, -0.2) is 0 Å². The predicted molar refractivity (Wildman–Crippen MR) is 53.3 cm³/mol. The molecule has 2 aliphatic heterocycles. The summed E-state index contributed by atoms with van der Waals surface area (Å²) in [4.78, 5) is 13.2. The van der Waals surface area contributed by atoms with Crippen LogP contribution in [0.5, 0.6) is 0 Å². The Morgan fingerprint density at radius 1 is 1.29 bits per heavy atom. The van der Waals surface area contributed by atoms with E-state index < -0.39 is 19.4 Å². The number of fused-ring (bicyclic) bond motifs is 1. The molecule has 98 valence electrons. The maximum absolute atomic E-state index is 11.8. The number of hydrogen-bond donors (Lipinski definition) is 1. The first-order valence-corrected chi connectivity index (χ1v) is 5.59. The Morgan fingerprint density at radius 2 is 1.88 bits per heavy atom. The highest BCUT2D eigenvalue weighted by Gasteiger charge is 2.38. The second-order valence-electron chi connectivity index (χ2n) is 4.59. The molecule has 2 atom stereocenters. The largest absolute Gasteiger partial charge is 0.411 e. The van der Waals surface area contributed by atoms with Crippen LogP contribution < -0.4 is 5.32 Å². The Labute approximate surface area is 97.1 Å². The number of ether oxygens (including phenoxy) is 1. The molecule has 4 nitrogen and oxygen atoms in total. The molecule has 0 bridgehead atoms. The predicted octanol–water partition coefficient (Wildman–Crippen LogP) is 0.243. The van der Waals surface area contributed by atoms with E-state index in [1.807, 2.05) is 0 Å². The fourth-order valence-corrected chi connectivity index (χ4v) is 2.40. The highest BCUT2D eigenvalue weighted by Crippen LogP contribution is 2.26. The first kappa shape index (κ1) is 12.6. The molecule has 0 aromatic rings. The molecule has 2 rings (SSSR count). The lowest BCUT2D eigenvalue weighted by molar-refractivity contribution is -0.177. The summed E-state index contributed by atoms with van der Waals surface area (Å²) in [6.45, 7) is 1.20. The van der Waals surface area contributed by atoms with Crippen molar-refractivity contribution in [1.82, 2.24) is 10.2 Å². The smallest absolute Gasteiger partial charge is 0.362 e. The molecule has 0 saturated carbocycles. The molecular weight excluding hydrogens is 237 g/mol. The van der Waals surface area contributed by atoms with Crippen molar-refractivity contribution < 1.29 is 22.7 Å². The first-order valence-electron chi connectivity index (χ1n) is 5.59. The van der Waals surface area contributed by atoms with Gasteiger partial charge in [0.25, 0.3) is 0 Å². The minimum Gasteiger partial charge on any atom is -0.362 e. The average Bonchev–Trinajstić information content (AvgIpc) is 2.73. The number of nitrogens with one attached hydrogen (secondary N) is 1. The summed E-state index contributed by atoms with van der Waals surface area (Å²) in [5.41, 5.74) is 0. The van der Waals surface area contributed by atoms with Crippen molar-refractivity contribution >= 4 is 5.91 Å². The number of alkyl halides is 3. The van der Waals surface area contributed by atoms with Crippen LogP contribution in [-0.2, 0) is 9.53 Å². The Bertz CT molecular complexity index is 284. The van der Waals surface area contributed by atoms with E-state index in [1.165, 1.54) is 0 Å². The molecule has 0 radical (unpaired) electrons. The summed E-state index contributed by atoms with van der Waals surface area (Å²) >= 11 is 0. The minimum absolute atomic E-state index is 0.344. The summed E-state index contributed by atoms with van der Waals surface area (Å²) in [5.74, 6) is 0.548. The number of halogens is 3. The summed E-state index contributed by atoms with van der Waals surface area (Å²) in [6, 6.07) is 0. The lowest BCUT2D eigenvalue weighted by Crippen LogP contribution is -2.35. The van der Waals surface area contributed by atoms with Crippen molar-refractivity contribution in [3.05, 3.63) is 0 Å². The van der Waals surface area contributed by atoms with Gasteiger partial charge in [-0.2, -0.15) is 13.2 Å². The number of amides is 1. The van der Waals surface area contributed by atoms with Crippen LogP contribution in [0.15, 0.2) is 0 Å². The molecule has 7 heteroatoms. The fourth-order valence-electron chi connectivity index (χ4n) is 2.40. The number of rotatable bonds is 3. The van der Waals surface area contributed by atoms with E-state index in [9.17, 15) is 18.0 Å².